The summed E-state index contributed by atoms with van der Waals surface area (Å²) in [5, 5.41) is 13.4. The summed E-state index contributed by atoms with van der Waals surface area (Å²) < 4.78 is 5.43. The second-order valence-electron chi connectivity index (χ2n) is 3.39. The molecule has 0 saturated heterocycles. The standard InChI is InChI=1S/C12H11NO3/c1-3-6-16-13-10-7-15-12-8(2)11(14)5-4-9(10)12/h1,4-5,14H,6-7H2,2H3. The van der Waals surface area contributed by atoms with Crippen LogP contribution < -0.4 is 4.74 Å². The van der Waals surface area contributed by atoms with Gasteiger partial charge in [0.25, 0.3) is 0 Å². The number of oxime groups is 1. The molecule has 1 aromatic rings. The van der Waals surface area contributed by atoms with E-state index in [4.69, 9.17) is 16.0 Å². The molecule has 1 aliphatic rings. The molecule has 16 heavy (non-hydrogen) atoms. The lowest BCUT2D eigenvalue weighted by Crippen LogP contribution is -2.03. The minimum Gasteiger partial charge on any atom is -0.508 e. The van der Waals surface area contributed by atoms with Crippen molar-refractivity contribution in [1.29, 1.82) is 0 Å². The molecule has 4 nitrogen and oxygen atoms in total. The smallest absolute Gasteiger partial charge is 0.177 e. The van der Waals surface area contributed by atoms with Crippen molar-refractivity contribution in [1.82, 2.24) is 0 Å². The Morgan fingerprint density at radius 2 is 2.44 bits per heavy atom. The van der Waals surface area contributed by atoms with E-state index >= 15 is 0 Å². The zero-order valence-corrected chi connectivity index (χ0v) is 8.86. The highest BCUT2D eigenvalue weighted by Gasteiger charge is 2.23. The Balaban J connectivity index is 2.31. The summed E-state index contributed by atoms with van der Waals surface area (Å²) in [4.78, 5) is 4.90. The van der Waals surface area contributed by atoms with Crippen LogP contribution in [0.15, 0.2) is 17.3 Å². The van der Waals surface area contributed by atoms with E-state index < -0.39 is 0 Å². The number of nitrogens with zero attached hydrogens (tertiary/aromatic N) is 1. The molecule has 0 bridgehead atoms. The van der Waals surface area contributed by atoms with Crippen LogP contribution in [0, 0.1) is 19.3 Å². The lowest BCUT2D eigenvalue weighted by atomic mass is 10.1. The first-order valence-corrected chi connectivity index (χ1v) is 4.82. The number of phenols is 1. The Bertz CT molecular complexity index is 486. The van der Waals surface area contributed by atoms with E-state index in [0.29, 0.717) is 23.6 Å². The number of ether oxygens (including phenoxy) is 1. The summed E-state index contributed by atoms with van der Waals surface area (Å²) in [7, 11) is 0. The van der Waals surface area contributed by atoms with Crippen molar-refractivity contribution >= 4 is 5.71 Å². The van der Waals surface area contributed by atoms with E-state index in [2.05, 4.69) is 11.1 Å². The molecule has 0 radical (unpaired) electrons. The summed E-state index contributed by atoms with van der Waals surface area (Å²) in [6, 6.07) is 3.36. The molecule has 1 aliphatic heterocycles. The zero-order valence-electron chi connectivity index (χ0n) is 8.86. The van der Waals surface area contributed by atoms with Gasteiger partial charge in [-0.05, 0) is 19.1 Å². The first kappa shape index (κ1) is 10.4. The molecular formula is C12H11NO3. The van der Waals surface area contributed by atoms with Crippen LogP contribution in [0.3, 0.4) is 0 Å². The predicted octanol–water partition coefficient (Wildman–Crippen LogP) is 1.45. The largest absolute Gasteiger partial charge is 0.508 e. The van der Waals surface area contributed by atoms with E-state index in [9.17, 15) is 5.11 Å². The molecule has 0 amide bonds. The van der Waals surface area contributed by atoms with Crippen molar-refractivity contribution in [2.75, 3.05) is 13.2 Å². The van der Waals surface area contributed by atoms with Crippen molar-refractivity contribution < 1.29 is 14.7 Å². The molecule has 0 aliphatic carbocycles. The molecule has 4 heteroatoms. The van der Waals surface area contributed by atoms with Crippen LogP contribution >= 0.6 is 0 Å². The van der Waals surface area contributed by atoms with E-state index in [1.165, 1.54) is 0 Å². The fourth-order valence-corrected chi connectivity index (χ4v) is 1.54. The quantitative estimate of drug-likeness (QED) is 0.463. The van der Waals surface area contributed by atoms with Gasteiger partial charge in [-0.25, -0.2) is 0 Å². The SMILES string of the molecule is C#CCON=C1COc2c1ccc(O)c2C. The maximum absolute atomic E-state index is 9.51. The van der Waals surface area contributed by atoms with E-state index in [0.717, 1.165) is 5.56 Å². The molecule has 82 valence electrons. The first-order chi connectivity index (χ1) is 7.74. The predicted molar refractivity (Wildman–Crippen MR) is 59.7 cm³/mol. The van der Waals surface area contributed by atoms with Crippen molar-refractivity contribution in [3.05, 3.63) is 23.3 Å². The molecule has 0 atom stereocenters. The van der Waals surface area contributed by atoms with Crippen LogP contribution in [0.1, 0.15) is 11.1 Å². The fraction of sp³-hybridized carbons (Fsp3) is 0.250. The monoisotopic (exact) mass is 217 g/mol. The van der Waals surface area contributed by atoms with Crippen molar-refractivity contribution in [2.45, 2.75) is 6.92 Å². The Kier molecular flexibility index (Phi) is 2.69. The lowest BCUT2D eigenvalue weighted by Gasteiger charge is -2.03. The van der Waals surface area contributed by atoms with Crippen LogP contribution in [0.5, 0.6) is 11.5 Å². The average Bonchev–Trinajstić information content (AvgIpc) is 2.68. The van der Waals surface area contributed by atoms with Crippen molar-refractivity contribution in [2.24, 2.45) is 5.16 Å². The molecule has 1 heterocycles. The third kappa shape index (κ3) is 1.68. The third-order valence-electron chi connectivity index (χ3n) is 2.36. The minimum absolute atomic E-state index is 0.135. The Labute approximate surface area is 93.5 Å². The van der Waals surface area contributed by atoms with Gasteiger partial charge >= 0.3 is 0 Å². The van der Waals surface area contributed by atoms with Crippen LogP contribution in [0.25, 0.3) is 0 Å². The van der Waals surface area contributed by atoms with Crippen molar-refractivity contribution in [3.8, 4) is 23.8 Å². The second kappa shape index (κ2) is 4.15. The van der Waals surface area contributed by atoms with Gasteiger partial charge in [0.05, 0.1) is 0 Å². The maximum Gasteiger partial charge on any atom is 0.177 e. The summed E-state index contributed by atoms with van der Waals surface area (Å²) in [5.74, 6) is 3.19. The summed E-state index contributed by atoms with van der Waals surface area (Å²) in [6.07, 6.45) is 5.04. The Hall–Kier alpha value is -2.15. The lowest BCUT2D eigenvalue weighted by molar-refractivity contribution is 0.178. The van der Waals surface area contributed by atoms with Gasteiger partial charge in [0.15, 0.2) is 6.61 Å². The highest BCUT2D eigenvalue weighted by Crippen LogP contribution is 2.34. The van der Waals surface area contributed by atoms with Crippen molar-refractivity contribution in [3.63, 3.8) is 0 Å². The molecule has 0 aromatic heterocycles. The number of fused-ring (bicyclic) bond motifs is 1. The molecule has 0 fully saturated rings. The summed E-state index contributed by atoms with van der Waals surface area (Å²) in [5.41, 5.74) is 2.24. The van der Waals surface area contributed by atoms with Gasteiger partial charge in [0.1, 0.15) is 23.8 Å². The average molecular weight is 217 g/mol. The number of aromatic hydroxyl groups is 1. The number of phenolic OH excluding ortho intramolecular Hbond substituents is 1. The number of benzene rings is 1. The Morgan fingerprint density at radius 3 is 3.19 bits per heavy atom. The topological polar surface area (TPSA) is 51.0 Å². The molecule has 0 spiro atoms. The van der Waals surface area contributed by atoms with Gasteiger partial charge in [0, 0.05) is 11.1 Å². The van der Waals surface area contributed by atoms with Crippen LogP contribution in [-0.2, 0) is 4.84 Å². The maximum atomic E-state index is 9.51. The molecule has 2 rings (SSSR count). The van der Waals surface area contributed by atoms with Gasteiger partial charge in [-0.15, -0.1) is 6.42 Å². The molecule has 0 unspecified atom stereocenters. The fourth-order valence-electron chi connectivity index (χ4n) is 1.54. The Morgan fingerprint density at radius 1 is 1.62 bits per heavy atom. The molecule has 0 saturated carbocycles. The normalized spacial score (nSPS) is 15.4. The van der Waals surface area contributed by atoms with E-state index in [1.807, 2.05) is 0 Å². The van der Waals surface area contributed by atoms with Crippen LogP contribution in [-0.4, -0.2) is 24.0 Å². The minimum atomic E-state index is 0.135. The van der Waals surface area contributed by atoms with E-state index in [1.54, 1.807) is 19.1 Å². The highest BCUT2D eigenvalue weighted by molar-refractivity contribution is 6.06. The molecule has 1 aromatic carbocycles. The number of terminal acetylenes is 1. The highest BCUT2D eigenvalue weighted by atomic mass is 16.6. The number of rotatable bonds is 2. The van der Waals surface area contributed by atoms with Gasteiger partial charge in [-0.2, -0.15) is 0 Å². The van der Waals surface area contributed by atoms with Gasteiger partial charge in [-0.3, -0.25) is 0 Å². The van der Waals surface area contributed by atoms with Gasteiger partial charge in [0.2, 0.25) is 0 Å². The van der Waals surface area contributed by atoms with Crippen LogP contribution in [0.4, 0.5) is 0 Å². The van der Waals surface area contributed by atoms with Gasteiger partial charge in [-0.1, -0.05) is 11.1 Å². The van der Waals surface area contributed by atoms with E-state index in [-0.39, 0.29) is 12.4 Å². The third-order valence-corrected chi connectivity index (χ3v) is 2.36. The number of hydrogen-bond acceptors (Lipinski definition) is 4. The second-order valence-corrected chi connectivity index (χ2v) is 3.39. The number of hydrogen-bond donors (Lipinski definition) is 1. The zero-order chi connectivity index (χ0) is 11.5. The summed E-state index contributed by atoms with van der Waals surface area (Å²) >= 11 is 0. The molecular weight excluding hydrogens is 206 g/mol. The first-order valence-electron chi connectivity index (χ1n) is 4.82. The van der Waals surface area contributed by atoms with Crippen LogP contribution in [0.2, 0.25) is 0 Å². The summed E-state index contributed by atoms with van der Waals surface area (Å²) in [6.45, 7) is 2.26. The van der Waals surface area contributed by atoms with Gasteiger partial charge < -0.3 is 14.7 Å². The molecule has 1 N–H and O–H groups in total.